The first-order valence-corrected chi connectivity index (χ1v) is 6.49. The van der Waals surface area contributed by atoms with Gasteiger partial charge in [0.05, 0.1) is 25.9 Å². The second kappa shape index (κ2) is 5.82. The summed E-state index contributed by atoms with van der Waals surface area (Å²) in [6, 6.07) is 6.07. The summed E-state index contributed by atoms with van der Waals surface area (Å²) in [5.74, 6) is 0. The largest absolute Gasteiger partial charge is 0.394 e. The van der Waals surface area contributed by atoms with Gasteiger partial charge in [-0.3, -0.25) is 0 Å². The number of morpholine rings is 1. The molecule has 0 spiro atoms. The summed E-state index contributed by atoms with van der Waals surface area (Å²) < 4.78 is 6.41. The molecule has 1 aliphatic heterocycles. The van der Waals surface area contributed by atoms with E-state index in [4.69, 9.17) is 10.5 Å². The van der Waals surface area contributed by atoms with Gasteiger partial charge >= 0.3 is 0 Å². The molecule has 0 saturated carbocycles. The molecular formula is C12H17BrN2O2. The smallest absolute Gasteiger partial charge is 0.0755 e. The Kier molecular flexibility index (Phi) is 4.39. The average Bonchev–Trinajstić information content (AvgIpc) is 2.38. The summed E-state index contributed by atoms with van der Waals surface area (Å²) in [5, 5.41) is 9.39. The lowest BCUT2D eigenvalue weighted by Crippen LogP contribution is -2.48. The van der Waals surface area contributed by atoms with Crippen LogP contribution in [0.4, 0.5) is 5.69 Å². The Hall–Kier alpha value is -0.620. The fourth-order valence-electron chi connectivity index (χ4n) is 2.10. The highest BCUT2D eigenvalue weighted by Crippen LogP contribution is 2.27. The van der Waals surface area contributed by atoms with Crippen LogP contribution in [0, 0.1) is 0 Å². The van der Waals surface area contributed by atoms with Gasteiger partial charge in [-0.15, -0.1) is 0 Å². The molecule has 1 aliphatic rings. The number of nitrogens with two attached hydrogens (primary N) is 1. The van der Waals surface area contributed by atoms with Crippen molar-refractivity contribution in [2.24, 2.45) is 5.73 Å². The molecule has 0 bridgehead atoms. The second-order valence-corrected chi connectivity index (χ2v) is 5.00. The number of benzene rings is 1. The molecule has 4 nitrogen and oxygen atoms in total. The number of aliphatic hydroxyl groups is 1. The van der Waals surface area contributed by atoms with Gasteiger partial charge in [-0.1, -0.05) is 22.0 Å². The van der Waals surface area contributed by atoms with Crippen LogP contribution < -0.4 is 10.6 Å². The number of ether oxygens (including phenoxy) is 1. The van der Waals surface area contributed by atoms with Crippen molar-refractivity contribution in [2.75, 3.05) is 31.3 Å². The summed E-state index contributed by atoms with van der Waals surface area (Å²) in [6.45, 7) is 2.63. The molecule has 5 heteroatoms. The van der Waals surface area contributed by atoms with Gasteiger partial charge in [-0.2, -0.15) is 0 Å². The Labute approximate surface area is 109 Å². The van der Waals surface area contributed by atoms with Crippen LogP contribution in [-0.2, 0) is 11.3 Å². The van der Waals surface area contributed by atoms with Crippen molar-refractivity contribution in [1.29, 1.82) is 0 Å². The first kappa shape index (κ1) is 12.8. The van der Waals surface area contributed by atoms with Crippen LogP contribution in [0.15, 0.2) is 22.7 Å². The molecule has 1 aromatic carbocycles. The topological polar surface area (TPSA) is 58.7 Å². The number of halogens is 1. The lowest BCUT2D eigenvalue weighted by molar-refractivity contribution is 0.0726. The van der Waals surface area contributed by atoms with Gasteiger partial charge < -0.3 is 20.5 Å². The summed E-state index contributed by atoms with van der Waals surface area (Å²) in [6.07, 6.45) is 0. The summed E-state index contributed by atoms with van der Waals surface area (Å²) in [5.41, 5.74) is 7.94. The summed E-state index contributed by atoms with van der Waals surface area (Å²) in [4.78, 5) is 2.18. The highest BCUT2D eigenvalue weighted by Gasteiger charge is 2.24. The number of anilines is 1. The second-order valence-electron chi connectivity index (χ2n) is 4.08. The predicted octanol–water partition coefficient (Wildman–Crippen LogP) is 1.11. The Bertz CT molecular complexity index is 387. The van der Waals surface area contributed by atoms with Crippen LogP contribution in [0.25, 0.3) is 0 Å². The molecule has 94 valence electrons. The highest BCUT2D eigenvalue weighted by molar-refractivity contribution is 9.10. The van der Waals surface area contributed by atoms with E-state index >= 15 is 0 Å². The first-order valence-electron chi connectivity index (χ1n) is 5.70. The molecule has 1 fully saturated rings. The standard InChI is InChI=1S/C12H17BrN2O2/c13-10-2-1-9(6-14)12(5-10)15-3-4-17-8-11(15)7-16/h1-2,5,11,16H,3-4,6-8,14H2. The van der Waals surface area contributed by atoms with Gasteiger partial charge in [0.15, 0.2) is 0 Å². The molecule has 0 amide bonds. The molecule has 1 atom stereocenters. The van der Waals surface area contributed by atoms with Crippen LogP contribution in [0.3, 0.4) is 0 Å². The molecule has 1 aromatic rings. The zero-order valence-corrected chi connectivity index (χ0v) is 11.2. The van der Waals surface area contributed by atoms with Crippen LogP contribution in [0.2, 0.25) is 0 Å². The minimum Gasteiger partial charge on any atom is -0.394 e. The van der Waals surface area contributed by atoms with E-state index in [1.165, 1.54) is 0 Å². The maximum Gasteiger partial charge on any atom is 0.0755 e. The van der Waals surface area contributed by atoms with Crippen molar-refractivity contribution in [3.05, 3.63) is 28.2 Å². The molecule has 0 radical (unpaired) electrons. The van der Waals surface area contributed by atoms with Crippen molar-refractivity contribution in [2.45, 2.75) is 12.6 Å². The summed E-state index contributed by atoms with van der Waals surface area (Å²) >= 11 is 3.47. The van der Waals surface area contributed by atoms with E-state index in [1.807, 2.05) is 12.1 Å². The van der Waals surface area contributed by atoms with Gasteiger partial charge in [0.1, 0.15) is 0 Å². The van der Waals surface area contributed by atoms with Crippen LogP contribution in [0.1, 0.15) is 5.56 Å². The van der Waals surface area contributed by atoms with Gasteiger partial charge in [0.25, 0.3) is 0 Å². The third-order valence-electron chi connectivity index (χ3n) is 3.01. The lowest BCUT2D eigenvalue weighted by atomic mass is 10.1. The Morgan fingerprint density at radius 3 is 3.06 bits per heavy atom. The number of nitrogens with zero attached hydrogens (tertiary/aromatic N) is 1. The van der Waals surface area contributed by atoms with Gasteiger partial charge in [-0.05, 0) is 17.7 Å². The van der Waals surface area contributed by atoms with E-state index < -0.39 is 0 Å². The van der Waals surface area contributed by atoms with Gasteiger partial charge in [0.2, 0.25) is 0 Å². The monoisotopic (exact) mass is 300 g/mol. The number of aliphatic hydroxyl groups excluding tert-OH is 1. The van der Waals surface area contributed by atoms with Crippen LogP contribution >= 0.6 is 15.9 Å². The van der Waals surface area contributed by atoms with E-state index in [1.54, 1.807) is 0 Å². The normalized spacial score (nSPS) is 20.6. The molecule has 3 N–H and O–H groups in total. The van der Waals surface area contributed by atoms with Crippen LogP contribution in [0.5, 0.6) is 0 Å². The quantitative estimate of drug-likeness (QED) is 0.878. The Morgan fingerprint density at radius 2 is 2.35 bits per heavy atom. The molecule has 1 unspecified atom stereocenters. The highest BCUT2D eigenvalue weighted by atomic mass is 79.9. The fourth-order valence-corrected chi connectivity index (χ4v) is 2.45. The van der Waals surface area contributed by atoms with Crippen molar-refractivity contribution in [3.63, 3.8) is 0 Å². The fraction of sp³-hybridized carbons (Fsp3) is 0.500. The maximum absolute atomic E-state index is 9.39. The molecule has 0 aliphatic carbocycles. The van der Waals surface area contributed by atoms with Crippen molar-refractivity contribution >= 4 is 21.6 Å². The van der Waals surface area contributed by atoms with Crippen LogP contribution in [-0.4, -0.2) is 37.5 Å². The van der Waals surface area contributed by atoms with Crippen molar-refractivity contribution < 1.29 is 9.84 Å². The van der Waals surface area contributed by atoms with E-state index in [-0.39, 0.29) is 12.6 Å². The minimum atomic E-state index is 0.0170. The van der Waals surface area contributed by atoms with E-state index in [9.17, 15) is 5.11 Å². The predicted molar refractivity (Wildman–Crippen MR) is 71.1 cm³/mol. The zero-order chi connectivity index (χ0) is 12.3. The average molecular weight is 301 g/mol. The first-order chi connectivity index (χ1) is 8.26. The maximum atomic E-state index is 9.39. The molecule has 1 saturated heterocycles. The number of hydrogen-bond acceptors (Lipinski definition) is 4. The van der Waals surface area contributed by atoms with E-state index in [2.05, 4.69) is 26.9 Å². The molecule has 2 rings (SSSR count). The molecule has 1 heterocycles. The SMILES string of the molecule is NCc1ccc(Br)cc1N1CCOCC1CO. The lowest BCUT2D eigenvalue weighted by Gasteiger charge is -2.37. The van der Waals surface area contributed by atoms with E-state index in [0.29, 0.717) is 19.8 Å². The van der Waals surface area contributed by atoms with Crippen molar-refractivity contribution in [3.8, 4) is 0 Å². The van der Waals surface area contributed by atoms with Gasteiger partial charge in [0, 0.05) is 23.2 Å². The minimum absolute atomic E-state index is 0.0170. The Morgan fingerprint density at radius 1 is 1.53 bits per heavy atom. The third kappa shape index (κ3) is 2.80. The third-order valence-corrected chi connectivity index (χ3v) is 3.51. The molecule has 17 heavy (non-hydrogen) atoms. The summed E-state index contributed by atoms with van der Waals surface area (Å²) in [7, 11) is 0. The van der Waals surface area contributed by atoms with E-state index in [0.717, 1.165) is 22.3 Å². The zero-order valence-electron chi connectivity index (χ0n) is 9.60. The number of rotatable bonds is 3. The molecular weight excluding hydrogens is 284 g/mol. The van der Waals surface area contributed by atoms with Crippen molar-refractivity contribution in [1.82, 2.24) is 0 Å². The molecule has 0 aromatic heterocycles. The Balaban J connectivity index is 2.33. The van der Waals surface area contributed by atoms with Gasteiger partial charge in [-0.25, -0.2) is 0 Å². The number of hydrogen-bond donors (Lipinski definition) is 2.